The fraction of sp³-hybridized carbons (Fsp3) is 0.462. The predicted octanol–water partition coefficient (Wildman–Crippen LogP) is 2.65. The van der Waals surface area contributed by atoms with Crippen molar-refractivity contribution >= 4 is 5.97 Å². The number of rotatable bonds is 5. The minimum Gasteiger partial charge on any atom is -0.481 e. The second-order valence-corrected chi connectivity index (χ2v) is 4.40. The minimum absolute atomic E-state index is 0.0542. The van der Waals surface area contributed by atoms with Crippen molar-refractivity contribution < 1.29 is 14.3 Å². The highest BCUT2D eigenvalue weighted by atomic mass is 19.1. The minimum atomic E-state index is -0.840. The molecule has 0 aliphatic carbocycles. The number of hydrogen-bond acceptors (Lipinski definition) is 2. The highest BCUT2D eigenvalue weighted by molar-refractivity contribution is 5.67. The van der Waals surface area contributed by atoms with E-state index in [4.69, 9.17) is 5.11 Å². The molecule has 0 amide bonds. The second kappa shape index (κ2) is 5.77. The molecule has 0 saturated carbocycles. The molecule has 0 aliphatic heterocycles. The molecule has 0 aliphatic rings. The highest BCUT2D eigenvalue weighted by Gasteiger charge is 2.13. The third-order valence-electron chi connectivity index (χ3n) is 2.71. The van der Waals surface area contributed by atoms with E-state index in [1.54, 1.807) is 19.9 Å². The fourth-order valence-corrected chi connectivity index (χ4v) is 1.72. The van der Waals surface area contributed by atoms with Gasteiger partial charge >= 0.3 is 5.97 Å². The van der Waals surface area contributed by atoms with Gasteiger partial charge in [0.25, 0.3) is 0 Å². The quantitative estimate of drug-likeness (QED) is 0.830. The largest absolute Gasteiger partial charge is 0.481 e. The lowest BCUT2D eigenvalue weighted by atomic mass is 10.0. The van der Waals surface area contributed by atoms with Crippen LogP contribution in [0.25, 0.3) is 0 Å². The van der Waals surface area contributed by atoms with Crippen LogP contribution in [0.3, 0.4) is 0 Å². The van der Waals surface area contributed by atoms with Gasteiger partial charge in [-0.25, -0.2) is 4.39 Å². The van der Waals surface area contributed by atoms with Crippen LogP contribution in [0.5, 0.6) is 0 Å². The summed E-state index contributed by atoms with van der Waals surface area (Å²) in [5.74, 6) is -1.07. The Morgan fingerprint density at radius 3 is 2.65 bits per heavy atom. The van der Waals surface area contributed by atoms with Crippen LogP contribution in [0.15, 0.2) is 18.2 Å². The molecule has 0 spiro atoms. The standard InChI is InChI=1S/C13H18FNO2/c1-8-4-5-11(7-12(8)14)10(3)15-9(2)6-13(16)17/h4-5,7,9-10,15H,6H2,1-3H3,(H,16,17). The zero-order valence-electron chi connectivity index (χ0n) is 10.3. The number of carboxylic acid groups (broad SMARTS) is 1. The number of carbonyl (C=O) groups is 1. The van der Waals surface area contributed by atoms with Crippen molar-refractivity contribution in [2.45, 2.75) is 39.3 Å². The van der Waals surface area contributed by atoms with E-state index in [-0.39, 0.29) is 24.3 Å². The summed E-state index contributed by atoms with van der Waals surface area (Å²) in [5.41, 5.74) is 1.44. The fourth-order valence-electron chi connectivity index (χ4n) is 1.72. The molecule has 17 heavy (non-hydrogen) atoms. The number of halogens is 1. The molecule has 0 fully saturated rings. The lowest BCUT2D eigenvalue weighted by Crippen LogP contribution is -2.31. The van der Waals surface area contributed by atoms with Gasteiger partial charge in [0.1, 0.15) is 5.82 Å². The Kier molecular flexibility index (Phi) is 4.63. The van der Waals surface area contributed by atoms with E-state index >= 15 is 0 Å². The van der Waals surface area contributed by atoms with Crippen molar-refractivity contribution in [3.63, 3.8) is 0 Å². The Labute approximate surface area is 101 Å². The molecule has 4 heteroatoms. The molecule has 1 aromatic carbocycles. The Balaban J connectivity index is 2.66. The Morgan fingerprint density at radius 2 is 2.12 bits per heavy atom. The highest BCUT2D eigenvalue weighted by Crippen LogP contribution is 2.17. The SMILES string of the molecule is Cc1ccc(C(C)NC(C)CC(=O)O)cc1F. The molecule has 2 atom stereocenters. The molecule has 2 unspecified atom stereocenters. The van der Waals surface area contributed by atoms with Crippen molar-refractivity contribution in [3.05, 3.63) is 35.1 Å². The van der Waals surface area contributed by atoms with E-state index in [1.165, 1.54) is 6.07 Å². The first-order chi connectivity index (χ1) is 7.90. The van der Waals surface area contributed by atoms with Gasteiger partial charge in [-0.2, -0.15) is 0 Å². The molecule has 0 bridgehead atoms. The molecule has 94 valence electrons. The number of aryl methyl sites for hydroxylation is 1. The molecule has 3 nitrogen and oxygen atoms in total. The second-order valence-electron chi connectivity index (χ2n) is 4.40. The summed E-state index contributed by atoms with van der Waals surface area (Å²) < 4.78 is 13.4. The lowest BCUT2D eigenvalue weighted by molar-refractivity contribution is -0.137. The van der Waals surface area contributed by atoms with Gasteiger partial charge in [-0.15, -0.1) is 0 Å². The summed E-state index contributed by atoms with van der Waals surface area (Å²) in [4.78, 5) is 10.5. The lowest BCUT2D eigenvalue weighted by Gasteiger charge is -2.19. The van der Waals surface area contributed by atoms with Crippen molar-refractivity contribution in [1.29, 1.82) is 0 Å². The summed E-state index contributed by atoms with van der Waals surface area (Å²) in [6.45, 7) is 5.40. The third kappa shape index (κ3) is 4.15. The first-order valence-corrected chi connectivity index (χ1v) is 5.64. The van der Waals surface area contributed by atoms with Crippen molar-refractivity contribution in [2.24, 2.45) is 0 Å². The van der Waals surface area contributed by atoms with Crippen LogP contribution in [0.2, 0.25) is 0 Å². The van der Waals surface area contributed by atoms with Crippen LogP contribution in [0.4, 0.5) is 4.39 Å². The third-order valence-corrected chi connectivity index (χ3v) is 2.71. The number of benzene rings is 1. The molecular formula is C13H18FNO2. The van der Waals surface area contributed by atoms with Gasteiger partial charge in [0.05, 0.1) is 6.42 Å². The molecule has 1 rings (SSSR count). The van der Waals surface area contributed by atoms with Gasteiger partial charge in [0.15, 0.2) is 0 Å². The van der Waals surface area contributed by atoms with E-state index < -0.39 is 5.97 Å². The van der Waals surface area contributed by atoms with Crippen molar-refractivity contribution in [3.8, 4) is 0 Å². The summed E-state index contributed by atoms with van der Waals surface area (Å²) >= 11 is 0. The van der Waals surface area contributed by atoms with Gasteiger partial charge in [-0.1, -0.05) is 12.1 Å². The molecule has 0 saturated heterocycles. The summed E-state index contributed by atoms with van der Waals surface area (Å²) in [5, 5.41) is 11.8. The van der Waals surface area contributed by atoms with Crippen LogP contribution in [-0.4, -0.2) is 17.1 Å². The number of aliphatic carboxylic acids is 1. The first kappa shape index (κ1) is 13.6. The Morgan fingerprint density at radius 1 is 1.47 bits per heavy atom. The maximum absolute atomic E-state index is 13.4. The van der Waals surface area contributed by atoms with Crippen LogP contribution >= 0.6 is 0 Å². The smallest absolute Gasteiger partial charge is 0.304 e. The molecular weight excluding hydrogens is 221 g/mol. The average molecular weight is 239 g/mol. The predicted molar refractivity (Wildman–Crippen MR) is 64.4 cm³/mol. The first-order valence-electron chi connectivity index (χ1n) is 5.64. The number of carboxylic acids is 1. The van der Waals surface area contributed by atoms with Gasteiger partial charge in [0, 0.05) is 12.1 Å². The van der Waals surface area contributed by atoms with E-state index in [1.807, 2.05) is 13.0 Å². The Bertz CT molecular complexity index is 406. The van der Waals surface area contributed by atoms with E-state index in [9.17, 15) is 9.18 Å². The van der Waals surface area contributed by atoms with Gasteiger partial charge < -0.3 is 10.4 Å². The molecule has 0 radical (unpaired) electrons. The van der Waals surface area contributed by atoms with E-state index in [0.29, 0.717) is 5.56 Å². The van der Waals surface area contributed by atoms with Crippen LogP contribution in [0, 0.1) is 12.7 Å². The molecule has 1 aromatic rings. The van der Waals surface area contributed by atoms with Gasteiger partial charge in [0.2, 0.25) is 0 Å². The zero-order valence-corrected chi connectivity index (χ0v) is 10.3. The maximum atomic E-state index is 13.4. The topological polar surface area (TPSA) is 49.3 Å². The molecule has 0 aromatic heterocycles. The normalized spacial score (nSPS) is 14.4. The average Bonchev–Trinajstić information content (AvgIpc) is 2.20. The Hall–Kier alpha value is -1.42. The monoisotopic (exact) mass is 239 g/mol. The van der Waals surface area contributed by atoms with Crippen LogP contribution < -0.4 is 5.32 Å². The maximum Gasteiger partial charge on any atom is 0.304 e. The van der Waals surface area contributed by atoms with Crippen LogP contribution in [-0.2, 0) is 4.79 Å². The summed E-state index contributed by atoms with van der Waals surface area (Å²) in [7, 11) is 0. The van der Waals surface area contributed by atoms with Crippen LogP contribution in [0.1, 0.15) is 37.4 Å². The van der Waals surface area contributed by atoms with E-state index in [0.717, 1.165) is 5.56 Å². The number of nitrogens with one attached hydrogen (secondary N) is 1. The van der Waals surface area contributed by atoms with Gasteiger partial charge in [-0.3, -0.25) is 4.79 Å². The van der Waals surface area contributed by atoms with E-state index in [2.05, 4.69) is 5.32 Å². The number of hydrogen-bond donors (Lipinski definition) is 2. The summed E-state index contributed by atoms with van der Waals surface area (Å²) in [6, 6.07) is 4.85. The molecule has 0 heterocycles. The van der Waals surface area contributed by atoms with Crippen molar-refractivity contribution in [1.82, 2.24) is 5.32 Å². The molecule has 2 N–H and O–H groups in total. The van der Waals surface area contributed by atoms with Gasteiger partial charge in [-0.05, 0) is 38.0 Å². The zero-order chi connectivity index (χ0) is 13.0. The van der Waals surface area contributed by atoms with Crippen molar-refractivity contribution in [2.75, 3.05) is 0 Å². The summed E-state index contributed by atoms with van der Waals surface area (Å²) in [6.07, 6.45) is 0.0542.